The highest BCUT2D eigenvalue weighted by molar-refractivity contribution is 7.26. The normalized spacial score (nSPS) is 11.8. The fourth-order valence-electron chi connectivity index (χ4n) is 5.03. The van der Waals surface area contributed by atoms with Gasteiger partial charge in [0.1, 0.15) is 5.82 Å². The van der Waals surface area contributed by atoms with Crippen molar-refractivity contribution in [3.8, 4) is 16.8 Å². The maximum Gasteiger partial charge on any atom is 0.114 e. The van der Waals surface area contributed by atoms with Gasteiger partial charge in [0.15, 0.2) is 0 Å². The Morgan fingerprint density at radius 3 is 2.38 bits per heavy atom. The van der Waals surface area contributed by atoms with Gasteiger partial charge in [-0.1, -0.05) is 67.6 Å². The number of hydrogen-bond donors (Lipinski definition) is 0. The third-order valence-electron chi connectivity index (χ3n) is 6.54. The van der Waals surface area contributed by atoms with Crippen LogP contribution in [0.25, 0.3) is 59.1 Å². The van der Waals surface area contributed by atoms with Crippen molar-refractivity contribution in [2.24, 2.45) is 0 Å². The standard InChI is InChI=1S/C30H21N3S/c1-2-27-31-24-15-6-7-16-25(24)33(27)20-11-9-10-19(18-20)28-21-12-3-5-14-23(21)32-29-22-13-4-8-17-26(22)34-30(28)29/h3-18H,2H2,1H3. The molecule has 162 valence electrons. The summed E-state index contributed by atoms with van der Waals surface area (Å²) < 4.78 is 4.81. The van der Waals surface area contributed by atoms with Gasteiger partial charge in [-0.3, -0.25) is 4.57 Å². The minimum Gasteiger partial charge on any atom is -0.296 e. The number of hydrogen-bond acceptors (Lipinski definition) is 3. The van der Waals surface area contributed by atoms with E-state index in [9.17, 15) is 0 Å². The molecule has 4 heteroatoms. The molecule has 0 amide bonds. The first-order valence-electron chi connectivity index (χ1n) is 11.6. The lowest BCUT2D eigenvalue weighted by Gasteiger charge is -2.13. The van der Waals surface area contributed by atoms with E-state index in [0.29, 0.717) is 0 Å². The molecule has 0 spiro atoms. The van der Waals surface area contributed by atoms with Gasteiger partial charge in [0.25, 0.3) is 0 Å². The van der Waals surface area contributed by atoms with Gasteiger partial charge in [-0.05, 0) is 42.0 Å². The molecule has 34 heavy (non-hydrogen) atoms. The van der Waals surface area contributed by atoms with Crippen molar-refractivity contribution in [2.45, 2.75) is 13.3 Å². The molecular formula is C30H21N3S. The molecule has 0 aliphatic carbocycles. The van der Waals surface area contributed by atoms with Crippen molar-refractivity contribution in [3.05, 3.63) is 103 Å². The third kappa shape index (κ3) is 2.82. The average molecular weight is 456 g/mol. The molecule has 0 bridgehead atoms. The van der Waals surface area contributed by atoms with Crippen molar-refractivity contribution in [2.75, 3.05) is 0 Å². The van der Waals surface area contributed by atoms with E-state index in [1.165, 1.54) is 31.3 Å². The number of imidazole rings is 1. The fourth-order valence-corrected chi connectivity index (χ4v) is 6.25. The Hall–Kier alpha value is -4.02. The Labute approximate surface area is 201 Å². The van der Waals surface area contributed by atoms with Crippen LogP contribution in [0.3, 0.4) is 0 Å². The highest BCUT2D eigenvalue weighted by Crippen LogP contribution is 2.43. The summed E-state index contributed by atoms with van der Waals surface area (Å²) in [6.07, 6.45) is 0.873. The molecule has 0 radical (unpaired) electrons. The summed E-state index contributed by atoms with van der Waals surface area (Å²) in [6, 6.07) is 34.3. The predicted octanol–water partition coefficient (Wildman–Crippen LogP) is 8.17. The molecule has 7 aromatic rings. The molecule has 0 saturated carbocycles. The molecule has 4 aromatic carbocycles. The van der Waals surface area contributed by atoms with Crippen LogP contribution in [0.5, 0.6) is 0 Å². The number of para-hydroxylation sites is 3. The number of nitrogens with zero attached hydrogens (tertiary/aromatic N) is 3. The van der Waals surface area contributed by atoms with Gasteiger partial charge in [-0.25, -0.2) is 9.97 Å². The molecular weight excluding hydrogens is 434 g/mol. The Bertz CT molecular complexity index is 1860. The zero-order chi connectivity index (χ0) is 22.6. The average Bonchev–Trinajstić information content (AvgIpc) is 3.45. The van der Waals surface area contributed by atoms with Crippen molar-refractivity contribution >= 4 is 53.6 Å². The van der Waals surface area contributed by atoms with Crippen LogP contribution in [-0.2, 0) is 6.42 Å². The van der Waals surface area contributed by atoms with E-state index in [2.05, 4.69) is 109 Å². The molecule has 0 N–H and O–H groups in total. The first-order valence-corrected chi connectivity index (χ1v) is 12.4. The Kier molecular flexibility index (Phi) is 4.29. The summed E-state index contributed by atoms with van der Waals surface area (Å²) in [6.45, 7) is 2.17. The van der Waals surface area contributed by atoms with Gasteiger partial charge in [-0.15, -0.1) is 11.3 Å². The number of thiophene rings is 1. The van der Waals surface area contributed by atoms with Crippen LogP contribution in [0.1, 0.15) is 12.7 Å². The number of benzene rings is 4. The second kappa shape index (κ2) is 7.51. The highest BCUT2D eigenvalue weighted by Gasteiger charge is 2.17. The van der Waals surface area contributed by atoms with E-state index >= 15 is 0 Å². The molecule has 0 unspecified atom stereocenters. The smallest absolute Gasteiger partial charge is 0.114 e. The van der Waals surface area contributed by atoms with E-state index < -0.39 is 0 Å². The second-order valence-corrected chi connectivity index (χ2v) is 9.59. The van der Waals surface area contributed by atoms with Crippen LogP contribution >= 0.6 is 11.3 Å². The highest BCUT2D eigenvalue weighted by atomic mass is 32.1. The number of rotatable bonds is 3. The SMILES string of the molecule is CCc1nc2ccccc2n1-c1cccc(-c2c3ccccc3nc3c2sc2ccccc23)c1. The summed E-state index contributed by atoms with van der Waals surface area (Å²) in [4.78, 5) is 9.98. The van der Waals surface area contributed by atoms with Gasteiger partial charge in [0, 0.05) is 33.1 Å². The maximum absolute atomic E-state index is 5.09. The quantitative estimate of drug-likeness (QED) is 0.269. The van der Waals surface area contributed by atoms with Crippen molar-refractivity contribution in [1.29, 1.82) is 0 Å². The number of aryl methyl sites for hydroxylation is 1. The van der Waals surface area contributed by atoms with E-state index in [4.69, 9.17) is 9.97 Å². The third-order valence-corrected chi connectivity index (χ3v) is 7.72. The van der Waals surface area contributed by atoms with Crippen LogP contribution in [-0.4, -0.2) is 14.5 Å². The van der Waals surface area contributed by atoms with Gasteiger partial charge in [0.05, 0.1) is 26.8 Å². The number of aromatic nitrogens is 3. The van der Waals surface area contributed by atoms with E-state index in [1.807, 2.05) is 11.3 Å². The van der Waals surface area contributed by atoms with Gasteiger partial charge in [-0.2, -0.15) is 0 Å². The minimum atomic E-state index is 0.873. The van der Waals surface area contributed by atoms with Crippen LogP contribution in [0.15, 0.2) is 97.1 Å². The van der Waals surface area contributed by atoms with Crippen LogP contribution < -0.4 is 0 Å². The Balaban J connectivity index is 1.56. The van der Waals surface area contributed by atoms with Gasteiger partial charge >= 0.3 is 0 Å². The molecule has 7 rings (SSSR count). The van der Waals surface area contributed by atoms with Crippen LogP contribution in [0.4, 0.5) is 0 Å². The predicted molar refractivity (Wildman–Crippen MR) is 144 cm³/mol. The zero-order valence-electron chi connectivity index (χ0n) is 18.7. The monoisotopic (exact) mass is 455 g/mol. The van der Waals surface area contributed by atoms with Crippen LogP contribution in [0.2, 0.25) is 0 Å². The lowest BCUT2D eigenvalue weighted by atomic mass is 9.99. The minimum absolute atomic E-state index is 0.873. The molecule has 0 aliphatic heterocycles. The molecule has 3 aromatic heterocycles. The number of pyridine rings is 1. The molecule has 3 nitrogen and oxygen atoms in total. The van der Waals surface area contributed by atoms with Gasteiger partial charge in [0.2, 0.25) is 0 Å². The summed E-state index contributed by atoms with van der Waals surface area (Å²) in [5, 5.41) is 2.41. The lowest BCUT2D eigenvalue weighted by Crippen LogP contribution is -2.00. The second-order valence-electron chi connectivity index (χ2n) is 8.54. The molecule has 0 aliphatic rings. The van der Waals surface area contributed by atoms with Crippen molar-refractivity contribution in [3.63, 3.8) is 0 Å². The number of fused-ring (bicyclic) bond motifs is 5. The summed E-state index contributed by atoms with van der Waals surface area (Å²) >= 11 is 1.83. The maximum atomic E-state index is 5.09. The molecule has 0 saturated heterocycles. The van der Waals surface area contributed by atoms with E-state index in [-0.39, 0.29) is 0 Å². The summed E-state index contributed by atoms with van der Waals surface area (Å²) in [5.74, 6) is 1.07. The lowest BCUT2D eigenvalue weighted by molar-refractivity contribution is 0.908. The molecule has 0 atom stereocenters. The van der Waals surface area contributed by atoms with Crippen LogP contribution in [0, 0.1) is 0 Å². The van der Waals surface area contributed by atoms with Gasteiger partial charge < -0.3 is 0 Å². The van der Waals surface area contributed by atoms with E-state index in [0.717, 1.165) is 40.0 Å². The Morgan fingerprint density at radius 2 is 1.50 bits per heavy atom. The first kappa shape index (κ1) is 19.4. The molecule has 3 heterocycles. The largest absolute Gasteiger partial charge is 0.296 e. The van der Waals surface area contributed by atoms with E-state index in [1.54, 1.807) is 0 Å². The fraction of sp³-hybridized carbons (Fsp3) is 0.0667. The topological polar surface area (TPSA) is 30.7 Å². The first-order chi connectivity index (χ1) is 16.8. The summed E-state index contributed by atoms with van der Waals surface area (Å²) in [7, 11) is 0. The van der Waals surface area contributed by atoms with Crippen molar-refractivity contribution < 1.29 is 0 Å². The van der Waals surface area contributed by atoms with Crippen molar-refractivity contribution in [1.82, 2.24) is 14.5 Å². The molecule has 0 fully saturated rings. The summed E-state index contributed by atoms with van der Waals surface area (Å²) in [5.41, 5.74) is 7.88. The zero-order valence-corrected chi connectivity index (χ0v) is 19.5. The Morgan fingerprint density at radius 1 is 0.735 bits per heavy atom.